The van der Waals surface area contributed by atoms with Crippen molar-refractivity contribution >= 4 is 22.7 Å². The number of Topliss-reactive ketones (excluding diaryl/α,β-unsaturated/α-hetero) is 1. The second-order valence-corrected chi connectivity index (χ2v) is 8.07. The molecule has 0 spiro atoms. The first kappa shape index (κ1) is 21.3. The summed E-state index contributed by atoms with van der Waals surface area (Å²) in [6.07, 6.45) is 2.31. The number of rotatable bonds is 8. The molecule has 0 amide bonds. The van der Waals surface area contributed by atoms with Crippen molar-refractivity contribution in [3.63, 3.8) is 0 Å². The van der Waals surface area contributed by atoms with Gasteiger partial charge in [0.05, 0.1) is 18.3 Å². The lowest BCUT2D eigenvalue weighted by Gasteiger charge is -2.30. The predicted octanol–water partition coefficient (Wildman–Crippen LogP) is 3.34. The normalized spacial score (nSPS) is 18.9. The molecule has 1 aromatic heterocycles. The number of carbonyl (C=O) groups excluding carboxylic acids is 1. The van der Waals surface area contributed by atoms with Crippen LogP contribution in [0, 0.1) is 5.82 Å². The minimum Gasteiger partial charge on any atom is -0.490 e. The summed E-state index contributed by atoms with van der Waals surface area (Å²) < 4.78 is 24.9. The van der Waals surface area contributed by atoms with Crippen molar-refractivity contribution in [1.29, 1.82) is 0 Å². The van der Waals surface area contributed by atoms with Crippen LogP contribution in [0.1, 0.15) is 35.0 Å². The molecule has 2 aromatic rings. The fourth-order valence-corrected chi connectivity index (χ4v) is 4.10. The maximum atomic E-state index is 14.5. The van der Waals surface area contributed by atoms with Gasteiger partial charge in [-0.25, -0.2) is 9.37 Å². The Morgan fingerprint density at radius 2 is 2.14 bits per heavy atom. The van der Waals surface area contributed by atoms with E-state index in [1.165, 1.54) is 24.0 Å². The number of pyridine rings is 1. The van der Waals surface area contributed by atoms with Crippen molar-refractivity contribution in [3.05, 3.63) is 59.2 Å². The molecule has 29 heavy (non-hydrogen) atoms. The SMILES string of the molecule is COCCOc1ccc(C(=O)Cc2ccc(F)c([C@]3(C)CCSC(N)=N3)c2)nc1. The number of halogens is 1. The number of aliphatic imine (C=N–C) groups is 1. The maximum Gasteiger partial charge on any atom is 0.185 e. The minimum atomic E-state index is -0.724. The molecule has 0 bridgehead atoms. The van der Waals surface area contributed by atoms with Gasteiger partial charge in [0, 0.05) is 24.8 Å². The van der Waals surface area contributed by atoms with Gasteiger partial charge in [0.2, 0.25) is 0 Å². The molecule has 0 fully saturated rings. The number of aromatic nitrogens is 1. The van der Waals surface area contributed by atoms with Crippen LogP contribution < -0.4 is 10.5 Å². The highest BCUT2D eigenvalue weighted by Crippen LogP contribution is 2.36. The Hall–Kier alpha value is -2.45. The summed E-state index contributed by atoms with van der Waals surface area (Å²) >= 11 is 1.47. The number of benzene rings is 1. The number of ketones is 1. The maximum absolute atomic E-state index is 14.5. The van der Waals surface area contributed by atoms with Crippen molar-refractivity contribution in [1.82, 2.24) is 4.98 Å². The molecule has 1 aromatic carbocycles. The van der Waals surface area contributed by atoms with E-state index in [0.29, 0.717) is 47.4 Å². The second kappa shape index (κ2) is 9.37. The zero-order valence-corrected chi connectivity index (χ0v) is 17.3. The van der Waals surface area contributed by atoms with Gasteiger partial charge in [0.1, 0.15) is 23.9 Å². The Morgan fingerprint density at radius 3 is 2.83 bits per heavy atom. The average Bonchev–Trinajstić information content (AvgIpc) is 2.70. The standard InChI is InChI=1S/C21H24FN3O3S/c1-21(7-10-29-20(23)25-21)16-11-14(3-5-17(16)22)12-19(26)18-6-4-15(13-24-18)28-9-8-27-2/h3-6,11,13H,7-10,12H2,1-2H3,(H2,23,25)/t21-/m0/s1. The molecule has 154 valence electrons. The first-order chi connectivity index (χ1) is 13.9. The molecule has 2 N–H and O–H groups in total. The molecule has 8 heteroatoms. The fourth-order valence-electron chi connectivity index (χ4n) is 3.13. The monoisotopic (exact) mass is 417 g/mol. The minimum absolute atomic E-state index is 0.119. The molecule has 1 aliphatic rings. The van der Waals surface area contributed by atoms with Crippen LogP contribution >= 0.6 is 11.8 Å². The highest BCUT2D eigenvalue weighted by atomic mass is 32.2. The van der Waals surface area contributed by atoms with Gasteiger partial charge in [0.25, 0.3) is 0 Å². The van der Waals surface area contributed by atoms with E-state index in [4.69, 9.17) is 15.2 Å². The quantitative estimate of drug-likeness (QED) is 0.524. The summed E-state index contributed by atoms with van der Waals surface area (Å²) in [5.74, 6) is 0.847. The Kier molecular flexibility index (Phi) is 6.87. The molecule has 1 aliphatic heterocycles. The average molecular weight is 418 g/mol. The Labute approximate surface area is 173 Å². The van der Waals surface area contributed by atoms with Crippen molar-refractivity contribution in [2.75, 3.05) is 26.1 Å². The van der Waals surface area contributed by atoms with Crippen molar-refractivity contribution < 1.29 is 18.7 Å². The number of thioether (sulfide) groups is 1. The van der Waals surface area contributed by atoms with E-state index in [1.807, 2.05) is 6.92 Å². The van der Waals surface area contributed by atoms with Gasteiger partial charge in [0.15, 0.2) is 11.0 Å². The third kappa shape index (κ3) is 5.33. The molecule has 0 unspecified atom stereocenters. The zero-order valence-electron chi connectivity index (χ0n) is 16.5. The van der Waals surface area contributed by atoms with E-state index in [2.05, 4.69) is 9.98 Å². The van der Waals surface area contributed by atoms with E-state index in [0.717, 1.165) is 5.75 Å². The van der Waals surface area contributed by atoms with Gasteiger partial charge in [-0.15, -0.1) is 0 Å². The van der Waals surface area contributed by atoms with Gasteiger partial charge in [-0.1, -0.05) is 17.8 Å². The predicted molar refractivity (Wildman–Crippen MR) is 112 cm³/mol. The number of carbonyl (C=O) groups is 1. The lowest BCUT2D eigenvalue weighted by molar-refractivity contribution is 0.0988. The first-order valence-corrected chi connectivity index (χ1v) is 10.3. The number of methoxy groups -OCH3 is 1. The fraction of sp³-hybridized carbons (Fsp3) is 0.381. The molecule has 2 heterocycles. The van der Waals surface area contributed by atoms with Crippen LogP contribution in [-0.2, 0) is 16.7 Å². The molecule has 0 radical (unpaired) electrons. The third-order valence-electron chi connectivity index (χ3n) is 4.75. The van der Waals surface area contributed by atoms with Gasteiger partial charge in [-0.05, 0) is 43.2 Å². The highest BCUT2D eigenvalue weighted by Gasteiger charge is 2.32. The largest absolute Gasteiger partial charge is 0.490 e. The van der Waals surface area contributed by atoms with Gasteiger partial charge >= 0.3 is 0 Å². The van der Waals surface area contributed by atoms with E-state index in [-0.39, 0.29) is 18.0 Å². The van der Waals surface area contributed by atoms with Crippen molar-refractivity contribution in [2.24, 2.45) is 10.7 Å². The molecular weight excluding hydrogens is 393 g/mol. The highest BCUT2D eigenvalue weighted by molar-refractivity contribution is 8.13. The van der Waals surface area contributed by atoms with Crippen molar-refractivity contribution in [2.45, 2.75) is 25.3 Å². The molecule has 0 aliphatic carbocycles. The summed E-state index contributed by atoms with van der Waals surface area (Å²) in [7, 11) is 1.60. The lowest BCUT2D eigenvalue weighted by Crippen LogP contribution is -2.29. The Balaban J connectivity index is 1.73. The second-order valence-electron chi connectivity index (χ2n) is 6.96. The summed E-state index contributed by atoms with van der Waals surface area (Å²) in [6, 6.07) is 8.04. The van der Waals surface area contributed by atoms with Crippen LogP contribution in [0.4, 0.5) is 4.39 Å². The van der Waals surface area contributed by atoms with Crippen molar-refractivity contribution in [3.8, 4) is 5.75 Å². The number of hydrogen-bond donors (Lipinski definition) is 1. The number of nitrogens with zero attached hydrogens (tertiary/aromatic N) is 2. The first-order valence-electron chi connectivity index (χ1n) is 9.29. The Bertz CT molecular complexity index is 905. The molecule has 1 atom stereocenters. The molecule has 6 nitrogen and oxygen atoms in total. The van der Waals surface area contributed by atoms with Gasteiger partial charge in [-0.2, -0.15) is 0 Å². The zero-order chi connectivity index (χ0) is 20.9. The Morgan fingerprint density at radius 1 is 1.31 bits per heavy atom. The lowest BCUT2D eigenvalue weighted by atomic mass is 9.87. The van der Waals surface area contributed by atoms with E-state index < -0.39 is 5.54 Å². The molecule has 0 saturated carbocycles. The summed E-state index contributed by atoms with van der Waals surface area (Å²) in [4.78, 5) is 21.3. The van der Waals surface area contributed by atoms with E-state index >= 15 is 0 Å². The van der Waals surface area contributed by atoms with Gasteiger partial charge < -0.3 is 15.2 Å². The molecular formula is C21H24FN3O3S. The summed E-state index contributed by atoms with van der Waals surface area (Å²) in [5, 5.41) is 0.455. The molecule has 0 saturated heterocycles. The van der Waals surface area contributed by atoms with Crippen LogP contribution in [0.2, 0.25) is 0 Å². The number of nitrogens with two attached hydrogens (primary N) is 1. The summed E-state index contributed by atoms with van der Waals surface area (Å²) in [5.41, 5.74) is 6.63. The van der Waals surface area contributed by atoms with Crippen LogP contribution in [0.25, 0.3) is 0 Å². The van der Waals surface area contributed by atoms with Crippen LogP contribution in [0.3, 0.4) is 0 Å². The van der Waals surface area contributed by atoms with Crippen LogP contribution in [0.15, 0.2) is 41.5 Å². The van der Waals surface area contributed by atoms with Crippen LogP contribution in [0.5, 0.6) is 5.75 Å². The number of amidine groups is 1. The third-order valence-corrected chi connectivity index (χ3v) is 5.54. The topological polar surface area (TPSA) is 86.8 Å². The summed E-state index contributed by atoms with van der Waals surface area (Å²) in [6.45, 7) is 2.75. The molecule has 3 rings (SSSR count). The van der Waals surface area contributed by atoms with E-state index in [1.54, 1.807) is 31.4 Å². The smallest absolute Gasteiger partial charge is 0.185 e. The number of hydrogen-bond acceptors (Lipinski definition) is 7. The van der Waals surface area contributed by atoms with E-state index in [9.17, 15) is 9.18 Å². The number of ether oxygens (including phenoxy) is 2. The van der Waals surface area contributed by atoms with Crippen LogP contribution in [-0.4, -0.2) is 42.0 Å². The van der Waals surface area contributed by atoms with Gasteiger partial charge in [-0.3, -0.25) is 9.79 Å².